The molecule has 0 fully saturated rings. The van der Waals surface area contributed by atoms with Gasteiger partial charge in [0.15, 0.2) is 5.78 Å². The van der Waals surface area contributed by atoms with Crippen LogP contribution < -0.4 is 4.74 Å². The van der Waals surface area contributed by atoms with Gasteiger partial charge in [-0.25, -0.2) is 0 Å². The van der Waals surface area contributed by atoms with Crippen LogP contribution in [0.15, 0.2) is 18.2 Å². The number of rotatable bonds is 2. The number of ether oxygens (including phenoxy) is 1. The molecule has 1 aromatic rings. The molecule has 0 amide bonds. The predicted molar refractivity (Wildman–Crippen MR) is 55.3 cm³/mol. The molecule has 0 spiro atoms. The number of hydrogen-bond donors (Lipinski definition) is 0. The highest BCUT2D eigenvalue weighted by Gasteiger charge is 2.19. The van der Waals surface area contributed by atoms with E-state index in [0.29, 0.717) is 5.56 Å². The molecule has 0 bridgehead atoms. The first-order valence-corrected chi connectivity index (χ1v) is 5.13. The van der Waals surface area contributed by atoms with Gasteiger partial charge in [-0.2, -0.15) is 0 Å². The third-order valence-electron chi connectivity index (χ3n) is 2.34. The Morgan fingerprint density at radius 3 is 3.14 bits per heavy atom. The summed E-state index contributed by atoms with van der Waals surface area (Å²) in [5.41, 5.74) is 1.78. The van der Waals surface area contributed by atoms with Crippen molar-refractivity contribution in [1.82, 2.24) is 0 Å². The van der Waals surface area contributed by atoms with Crippen molar-refractivity contribution in [3.63, 3.8) is 0 Å². The van der Waals surface area contributed by atoms with E-state index in [1.807, 2.05) is 19.1 Å². The Morgan fingerprint density at radius 1 is 1.64 bits per heavy atom. The molecule has 0 aliphatic carbocycles. The van der Waals surface area contributed by atoms with E-state index in [1.165, 1.54) is 0 Å². The second-order valence-corrected chi connectivity index (χ2v) is 3.78. The minimum absolute atomic E-state index is 0.0333. The van der Waals surface area contributed by atoms with Crippen LogP contribution in [0.2, 0.25) is 0 Å². The number of Topliss-reactive ketones (excluding diaryl/α,β-unsaturated/α-hetero) is 1. The molecule has 2 rings (SSSR count). The number of ketones is 1. The van der Waals surface area contributed by atoms with Crippen molar-refractivity contribution in [3.8, 4) is 5.75 Å². The highest BCUT2D eigenvalue weighted by molar-refractivity contribution is 6.30. The molecule has 1 aliphatic rings. The SMILES string of the molecule is C[C@@H]1Cc2cc(C(=O)CCl)ccc2O1. The summed E-state index contributed by atoms with van der Waals surface area (Å²) in [5.74, 6) is 0.896. The third kappa shape index (κ3) is 1.62. The Hall–Kier alpha value is -1.02. The zero-order valence-electron chi connectivity index (χ0n) is 7.92. The molecule has 0 aromatic heterocycles. The summed E-state index contributed by atoms with van der Waals surface area (Å²) in [6.07, 6.45) is 1.09. The number of benzene rings is 1. The largest absolute Gasteiger partial charge is 0.490 e. The van der Waals surface area contributed by atoms with Crippen LogP contribution in [0.1, 0.15) is 22.8 Å². The Kier molecular flexibility index (Phi) is 2.46. The summed E-state index contributed by atoms with van der Waals surface area (Å²) in [6.45, 7) is 2.02. The molecule has 74 valence electrons. The molecule has 0 saturated heterocycles. The van der Waals surface area contributed by atoms with Gasteiger partial charge < -0.3 is 4.74 Å². The van der Waals surface area contributed by atoms with E-state index in [1.54, 1.807) is 6.07 Å². The fraction of sp³-hybridized carbons (Fsp3) is 0.364. The van der Waals surface area contributed by atoms with Gasteiger partial charge in [0, 0.05) is 12.0 Å². The lowest BCUT2D eigenvalue weighted by molar-refractivity contribution is 0.102. The summed E-state index contributed by atoms with van der Waals surface area (Å²) in [6, 6.07) is 5.49. The number of carbonyl (C=O) groups excluding carboxylic acids is 1. The van der Waals surface area contributed by atoms with Gasteiger partial charge in [0.25, 0.3) is 0 Å². The molecule has 0 unspecified atom stereocenters. The minimum atomic E-state index is -0.0333. The number of alkyl halides is 1. The van der Waals surface area contributed by atoms with Gasteiger partial charge >= 0.3 is 0 Å². The minimum Gasteiger partial charge on any atom is -0.490 e. The van der Waals surface area contributed by atoms with Crippen LogP contribution in [0.25, 0.3) is 0 Å². The van der Waals surface area contributed by atoms with Crippen molar-refractivity contribution in [3.05, 3.63) is 29.3 Å². The Morgan fingerprint density at radius 2 is 2.43 bits per heavy atom. The standard InChI is InChI=1S/C11H11ClO2/c1-7-4-9-5-8(10(13)6-12)2-3-11(9)14-7/h2-3,5,7H,4,6H2,1H3/t7-/m1/s1. The number of halogens is 1. The van der Waals surface area contributed by atoms with Crippen LogP contribution in [0.3, 0.4) is 0 Å². The molecule has 3 heteroatoms. The molecule has 0 saturated carbocycles. The zero-order chi connectivity index (χ0) is 10.1. The summed E-state index contributed by atoms with van der Waals surface area (Å²) < 4.78 is 5.53. The van der Waals surface area contributed by atoms with Gasteiger partial charge in [-0.1, -0.05) is 0 Å². The summed E-state index contributed by atoms with van der Waals surface area (Å²) in [5, 5.41) is 0. The Labute approximate surface area is 87.8 Å². The summed E-state index contributed by atoms with van der Waals surface area (Å²) in [4.78, 5) is 11.3. The van der Waals surface area contributed by atoms with Crippen LogP contribution in [0.5, 0.6) is 5.75 Å². The van der Waals surface area contributed by atoms with E-state index in [9.17, 15) is 4.79 Å². The lowest BCUT2D eigenvalue weighted by atomic mass is 10.1. The fourth-order valence-electron chi connectivity index (χ4n) is 1.67. The predicted octanol–water partition coefficient (Wildman–Crippen LogP) is 2.43. The van der Waals surface area contributed by atoms with Gasteiger partial charge in [0.2, 0.25) is 0 Å². The van der Waals surface area contributed by atoms with E-state index in [4.69, 9.17) is 16.3 Å². The maximum absolute atomic E-state index is 11.3. The summed E-state index contributed by atoms with van der Waals surface area (Å²) in [7, 11) is 0. The van der Waals surface area contributed by atoms with Crippen molar-refractivity contribution in [2.45, 2.75) is 19.4 Å². The van der Waals surface area contributed by atoms with Crippen molar-refractivity contribution < 1.29 is 9.53 Å². The van der Waals surface area contributed by atoms with Crippen LogP contribution in [0.4, 0.5) is 0 Å². The van der Waals surface area contributed by atoms with Crippen molar-refractivity contribution in [1.29, 1.82) is 0 Å². The van der Waals surface area contributed by atoms with Gasteiger partial charge in [0.1, 0.15) is 11.9 Å². The first-order valence-electron chi connectivity index (χ1n) is 4.59. The molecule has 1 aromatic carbocycles. The number of carbonyl (C=O) groups is 1. The van der Waals surface area contributed by atoms with E-state index in [2.05, 4.69) is 0 Å². The molecule has 0 radical (unpaired) electrons. The first kappa shape index (κ1) is 9.53. The smallest absolute Gasteiger partial charge is 0.177 e. The first-order chi connectivity index (χ1) is 6.70. The summed E-state index contributed by atoms with van der Waals surface area (Å²) >= 11 is 5.49. The van der Waals surface area contributed by atoms with Gasteiger partial charge in [-0.05, 0) is 30.7 Å². The van der Waals surface area contributed by atoms with Gasteiger partial charge in [-0.3, -0.25) is 4.79 Å². The quantitative estimate of drug-likeness (QED) is 0.554. The fourth-order valence-corrected chi connectivity index (χ4v) is 1.83. The third-order valence-corrected chi connectivity index (χ3v) is 2.58. The van der Waals surface area contributed by atoms with Crippen LogP contribution >= 0.6 is 11.6 Å². The maximum Gasteiger partial charge on any atom is 0.177 e. The average molecular weight is 211 g/mol. The Balaban J connectivity index is 2.33. The van der Waals surface area contributed by atoms with E-state index < -0.39 is 0 Å². The number of fused-ring (bicyclic) bond motifs is 1. The molecule has 1 atom stereocenters. The maximum atomic E-state index is 11.3. The van der Waals surface area contributed by atoms with Gasteiger partial charge in [-0.15, -0.1) is 11.6 Å². The van der Waals surface area contributed by atoms with Gasteiger partial charge in [0.05, 0.1) is 5.88 Å². The van der Waals surface area contributed by atoms with E-state index in [0.717, 1.165) is 17.7 Å². The van der Waals surface area contributed by atoms with Crippen LogP contribution in [-0.2, 0) is 6.42 Å². The molecular formula is C11H11ClO2. The van der Waals surface area contributed by atoms with E-state index >= 15 is 0 Å². The van der Waals surface area contributed by atoms with Crippen molar-refractivity contribution >= 4 is 17.4 Å². The van der Waals surface area contributed by atoms with Crippen LogP contribution in [0, 0.1) is 0 Å². The average Bonchev–Trinajstić information content (AvgIpc) is 2.55. The molecule has 1 aliphatic heterocycles. The molecular weight excluding hydrogens is 200 g/mol. The zero-order valence-corrected chi connectivity index (χ0v) is 8.67. The normalized spacial score (nSPS) is 18.9. The molecule has 0 N–H and O–H groups in total. The highest BCUT2D eigenvalue weighted by Crippen LogP contribution is 2.29. The van der Waals surface area contributed by atoms with E-state index in [-0.39, 0.29) is 17.8 Å². The molecule has 1 heterocycles. The second-order valence-electron chi connectivity index (χ2n) is 3.51. The highest BCUT2D eigenvalue weighted by atomic mass is 35.5. The monoisotopic (exact) mass is 210 g/mol. The lowest BCUT2D eigenvalue weighted by Crippen LogP contribution is -2.05. The second kappa shape index (κ2) is 3.62. The topological polar surface area (TPSA) is 26.3 Å². The van der Waals surface area contributed by atoms with Crippen molar-refractivity contribution in [2.75, 3.05) is 5.88 Å². The van der Waals surface area contributed by atoms with Crippen LogP contribution in [-0.4, -0.2) is 17.8 Å². The molecule has 14 heavy (non-hydrogen) atoms. The molecule has 2 nitrogen and oxygen atoms in total. The Bertz CT molecular complexity index is 374. The van der Waals surface area contributed by atoms with Crippen molar-refractivity contribution in [2.24, 2.45) is 0 Å². The lowest BCUT2D eigenvalue weighted by Gasteiger charge is -2.02. The number of hydrogen-bond acceptors (Lipinski definition) is 2.